The molecule has 2 aromatic rings. The van der Waals surface area contributed by atoms with Crippen molar-refractivity contribution >= 4 is 16.9 Å². The lowest BCUT2D eigenvalue weighted by molar-refractivity contribution is -0.137. The van der Waals surface area contributed by atoms with Crippen LogP contribution in [0.5, 0.6) is 0 Å². The van der Waals surface area contributed by atoms with Gasteiger partial charge in [-0.2, -0.15) is 0 Å². The number of nitrogens with zero attached hydrogens (tertiary/aromatic N) is 1. The highest BCUT2D eigenvalue weighted by Gasteiger charge is 2.40. The van der Waals surface area contributed by atoms with Gasteiger partial charge in [-0.15, -0.1) is 0 Å². The van der Waals surface area contributed by atoms with Gasteiger partial charge in [0.2, 0.25) is 0 Å². The Hall–Kier alpha value is -2.23. The number of pyridine rings is 1. The maximum absolute atomic E-state index is 13.7. The van der Waals surface area contributed by atoms with Crippen molar-refractivity contribution in [1.82, 2.24) is 4.98 Å². The number of esters is 1. The predicted octanol–water partition coefficient (Wildman–Crippen LogP) is 4.77. The average molecular weight is 339 g/mol. The number of fused-ring (bicyclic) bond motifs is 2. The summed E-state index contributed by atoms with van der Waals surface area (Å²) in [6.45, 7) is 2.25. The molecule has 2 aliphatic carbocycles. The van der Waals surface area contributed by atoms with E-state index < -0.39 is 0 Å². The first-order valence-corrected chi connectivity index (χ1v) is 9.04. The predicted molar refractivity (Wildman–Crippen MR) is 94.6 cm³/mol. The lowest BCUT2D eigenvalue weighted by Crippen LogP contribution is -2.01. The molecule has 0 N–H and O–H groups in total. The molecule has 25 heavy (non-hydrogen) atoms. The van der Waals surface area contributed by atoms with E-state index in [1.54, 1.807) is 18.2 Å². The van der Waals surface area contributed by atoms with Crippen LogP contribution >= 0.6 is 0 Å². The molecule has 0 bridgehead atoms. The highest BCUT2D eigenvalue weighted by Crippen LogP contribution is 2.53. The summed E-state index contributed by atoms with van der Waals surface area (Å²) in [4.78, 5) is 16.0. The number of hydrogen-bond donors (Lipinski definition) is 0. The topological polar surface area (TPSA) is 39.2 Å². The normalized spacial score (nSPS) is 27.0. The van der Waals surface area contributed by atoms with Crippen molar-refractivity contribution in [2.75, 3.05) is 6.61 Å². The summed E-state index contributed by atoms with van der Waals surface area (Å²) in [6.07, 6.45) is 7.68. The number of aromatic nitrogens is 1. The Labute approximate surface area is 146 Å². The second-order valence-electron chi connectivity index (χ2n) is 7.21. The molecule has 3 atom stereocenters. The zero-order valence-corrected chi connectivity index (χ0v) is 14.4. The molecule has 4 rings (SSSR count). The molecule has 4 heteroatoms. The van der Waals surface area contributed by atoms with Crippen molar-refractivity contribution < 1.29 is 13.9 Å². The molecular formula is C21H22FNO2. The molecular weight excluding hydrogens is 317 g/mol. The fourth-order valence-corrected chi connectivity index (χ4v) is 4.69. The summed E-state index contributed by atoms with van der Waals surface area (Å²) in [6, 6.07) is 6.87. The fraction of sp³-hybridized carbons (Fsp3) is 0.429. The van der Waals surface area contributed by atoms with Crippen LogP contribution in [0, 0.1) is 17.7 Å². The van der Waals surface area contributed by atoms with Crippen molar-refractivity contribution in [3.63, 3.8) is 0 Å². The quantitative estimate of drug-likeness (QED) is 0.597. The number of halogens is 1. The minimum Gasteiger partial charge on any atom is -0.463 e. The second-order valence-corrected chi connectivity index (χ2v) is 7.21. The van der Waals surface area contributed by atoms with Gasteiger partial charge < -0.3 is 4.74 Å². The van der Waals surface area contributed by atoms with Crippen LogP contribution in [-0.2, 0) is 9.53 Å². The SMILES string of the molecule is CCOC(=O)/C=C1/C[C@@H]2C[C@H](c3ccnc4ccc(F)cc34)C[C@@H]2C1. The molecule has 0 radical (unpaired) electrons. The van der Waals surface area contributed by atoms with Crippen LogP contribution in [0.2, 0.25) is 0 Å². The average Bonchev–Trinajstić information content (AvgIpc) is 3.12. The Kier molecular flexibility index (Phi) is 4.28. The first kappa shape index (κ1) is 16.2. The van der Waals surface area contributed by atoms with Crippen LogP contribution in [0.3, 0.4) is 0 Å². The molecule has 1 aromatic heterocycles. The Morgan fingerprint density at radius 3 is 2.76 bits per heavy atom. The van der Waals surface area contributed by atoms with Crippen LogP contribution in [-0.4, -0.2) is 17.6 Å². The molecule has 1 heterocycles. The Morgan fingerprint density at radius 2 is 2.04 bits per heavy atom. The van der Waals surface area contributed by atoms with Crippen LogP contribution in [0.1, 0.15) is 44.1 Å². The van der Waals surface area contributed by atoms with Crippen molar-refractivity contribution in [2.24, 2.45) is 11.8 Å². The standard InChI is InChI=1S/C21H22FNO2/c1-2-25-21(24)9-13-7-14-10-16(11-15(14)8-13)18-5-6-23-20-4-3-17(22)12-19(18)20/h3-6,9,12,14-16H,2,7-8,10-11H2,1H3/b13-9-/t14-,15+,16+/m1/s1. The number of carbonyl (C=O) groups is 1. The highest BCUT2D eigenvalue weighted by molar-refractivity contribution is 5.83. The molecule has 130 valence electrons. The zero-order valence-electron chi connectivity index (χ0n) is 14.4. The number of hydrogen-bond acceptors (Lipinski definition) is 3. The van der Waals surface area contributed by atoms with E-state index in [-0.39, 0.29) is 11.8 Å². The first-order valence-electron chi connectivity index (χ1n) is 9.04. The molecule has 2 saturated carbocycles. The van der Waals surface area contributed by atoms with E-state index in [1.807, 2.05) is 19.2 Å². The van der Waals surface area contributed by atoms with E-state index in [9.17, 15) is 9.18 Å². The van der Waals surface area contributed by atoms with E-state index in [0.29, 0.717) is 24.4 Å². The van der Waals surface area contributed by atoms with Crippen molar-refractivity contribution in [2.45, 2.75) is 38.5 Å². The van der Waals surface area contributed by atoms with Gasteiger partial charge >= 0.3 is 5.97 Å². The van der Waals surface area contributed by atoms with E-state index in [1.165, 1.54) is 17.2 Å². The Morgan fingerprint density at radius 1 is 1.28 bits per heavy atom. The van der Waals surface area contributed by atoms with Gasteiger partial charge in [-0.3, -0.25) is 4.98 Å². The lowest BCUT2D eigenvalue weighted by atomic mass is 9.91. The summed E-state index contributed by atoms with van der Waals surface area (Å²) < 4.78 is 18.7. The van der Waals surface area contributed by atoms with E-state index >= 15 is 0 Å². The van der Waals surface area contributed by atoms with Gasteiger partial charge in [0, 0.05) is 17.7 Å². The summed E-state index contributed by atoms with van der Waals surface area (Å²) in [5, 5.41) is 0.940. The third-order valence-corrected chi connectivity index (χ3v) is 5.68. The maximum atomic E-state index is 13.7. The summed E-state index contributed by atoms with van der Waals surface area (Å²) in [5.41, 5.74) is 3.30. The number of allylic oxidation sites excluding steroid dienone is 1. The molecule has 0 aliphatic heterocycles. The summed E-state index contributed by atoms with van der Waals surface area (Å²) in [5.74, 6) is 1.25. The molecule has 0 saturated heterocycles. The Balaban J connectivity index is 1.52. The minimum atomic E-state index is -0.218. The van der Waals surface area contributed by atoms with Crippen molar-refractivity contribution in [3.8, 4) is 0 Å². The largest absolute Gasteiger partial charge is 0.463 e. The van der Waals surface area contributed by atoms with Gasteiger partial charge in [0.25, 0.3) is 0 Å². The Bertz CT molecular complexity index is 829. The number of rotatable bonds is 3. The minimum absolute atomic E-state index is 0.209. The van der Waals surface area contributed by atoms with Crippen LogP contribution in [0.15, 0.2) is 42.1 Å². The van der Waals surface area contributed by atoms with Gasteiger partial charge in [-0.25, -0.2) is 9.18 Å². The maximum Gasteiger partial charge on any atom is 0.330 e. The highest BCUT2D eigenvalue weighted by atomic mass is 19.1. The fourth-order valence-electron chi connectivity index (χ4n) is 4.69. The van der Waals surface area contributed by atoms with Gasteiger partial charge in [0.1, 0.15) is 5.82 Å². The third-order valence-electron chi connectivity index (χ3n) is 5.68. The summed E-state index contributed by atoms with van der Waals surface area (Å²) in [7, 11) is 0. The van der Waals surface area contributed by atoms with E-state index in [4.69, 9.17) is 4.74 Å². The number of carbonyl (C=O) groups excluding carboxylic acids is 1. The van der Waals surface area contributed by atoms with Gasteiger partial charge in [0.05, 0.1) is 12.1 Å². The molecule has 2 fully saturated rings. The molecule has 1 aromatic carbocycles. The van der Waals surface area contributed by atoms with Crippen molar-refractivity contribution in [3.05, 3.63) is 53.5 Å². The second kappa shape index (κ2) is 6.58. The lowest BCUT2D eigenvalue weighted by Gasteiger charge is -2.14. The van der Waals surface area contributed by atoms with Gasteiger partial charge in [-0.1, -0.05) is 5.57 Å². The van der Waals surface area contributed by atoms with Gasteiger partial charge in [-0.05, 0) is 80.2 Å². The molecule has 0 unspecified atom stereocenters. The van der Waals surface area contributed by atoms with Crippen molar-refractivity contribution in [1.29, 1.82) is 0 Å². The van der Waals surface area contributed by atoms with Crippen LogP contribution in [0.4, 0.5) is 4.39 Å². The van der Waals surface area contributed by atoms with Gasteiger partial charge in [0.15, 0.2) is 0 Å². The molecule has 0 amide bonds. The molecule has 2 aliphatic rings. The monoisotopic (exact) mass is 339 g/mol. The van der Waals surface area contributed by atoms with E-state index in [0.717, 1.165) is 36.6 Å². The van der Waals surface area contributed by atoms with Crippen LogP contribution in [0.25, 0.3) is 10.9 Å². The molecule has 3 nitrogen and oxygen atoms in total. The molecule has 0 spiro atoms. The first-order chi connectivity index (χ1) is 12.1. The summed E-state index contributed by atoms with van der Waals surface area (Å²) >= 11 is 0. The smallest absolute Gasteiger partial charge is 0.330 e. The van der Waals surface area contributed by atoms with E-state index in [2.05, 4.69) is 4.98 Å². The number of benzene rings is 1. The number of ether oxygens (including phenoxy) is 1. The van der Waals surface area contributed by atoms with Crippen LogP contribution < -0.4 is 0 Å². The zero-order chi connectivity index (χ0) is 17.4. The third kappa shape index (κ3) is 3.17.